The minimum Gasteiger partial charge on any atom is -0.310 e. The highest BCUT2D eigenvalue weighted by Gasteiger charge is 2.57. The number of hydrogen-bond acceptors (Lipinski definition) is 1. The SMILES string of the molecule is CC1(C)c2ccccc2-c2ccc(N(c3ccccc3)c3ccc4c(c3)-c3c(cc5c(c3-c3ccccc3)-c3ccccc3C53c5ccccc5-c5ccccc53)C43c4ccccc4-c4ccccc43)cc21. The number of benzene rings is 11. The Hall–Kier alpha value is -8.78. The highest BCUT2D eigenvalue weighted by Crippen LogP contribution is 2.70. The Balaban J connectivity index is 1.05. The lowest BCUT2D eigenvalue weighted by molar-refractivity contribution is 0.660. The summed E-state index contributed by atoms with van der Waals surface area (Å²) in [5.74, 6) is 0. The second-order valence-electron chi connectivity index (χ2n) is 21.0. The summed E-state index contributed by atoms with van der Waals surface area (Å²) in [6.45, 7) is 4.76. The molecule has 0 radical (unpaired) electrons. The highest BCUT2D eigenvalue weighted by molar-refractivity contribution is 6.10. The molecule has 72 heavy (non-hydrogen) atoms. The smallest absolute Gasteiger partial charge is 0.0725 e. The number of nitrogens with zero attached hydrogens (tertiary/aromatic N) is 1. The van der Waals surface area contributed by atoms with Crippen molar-refractivity contribution in [2.75, 3.05) is 4.90 Å². The van der Waals surface area contributed by atoms with E-state index in [1.165, 1.54) is 122 Å². The standard InChI is InChI=1S/C71H47N/c1-69(2)56-31-15-9-25-48(56)53-39-37-47(42-63(53)69)72(45-23-7-4-8-24-45)46-38-40-62-55(41-46)68-65(71(62)59-34-18-12-28-51(59)52-29-13-19-35-60(52)71)43-64-67(66(68)44-21-5-3-6-22-44)54-30-14-20-36-61(54)70(64)57-32-16-10-26-49(57)50-27-11-17-33-58(50)70/h3-43H,1-2H3. The fourth-order valence-electron chi connectivity index (χ4n) is 14.7. The lowest BCUT2D eigenvalue weighted by Crippen LogP contribution is -2.29. The number of anilines is 3. The monoisotopic (exact) mass is 913 g/mol. The fourth-order valence-corrected chi connectivity index (χ4v) is 14.7. The maximum absolute atomic E-state index is 2.70. The van der Waals surface area contributed by atoms with Crippen molar-refractivity contribution >= 4 is 17.1 Å². The minimum atomic E-state index is -0.594. The third-order valence-corrected chi connectivity index (χ3v) is 17.5. The zero-order valence-corrected chi connectivity index (χ0v) is 40.1. The maximum Gasteiger partial charge on any atom is 0.0725 e. The first kappa shape index (κ1) is 40.0. The van der Waals surface area contributed by atoms with Gasteiger partial charge in [0.1, 0.15) is 0 Å². The summed E-state index contributed by atoms with van der Waals surface area (Å²) < 4.78 is 0. The molecule has 336 valence electrons. The highest BCUT2D eigenvalue weighted by atomic mass is 15.1. The summed E-state index contributed by atoms with van der Waals surface area (Å²) in [4.78, 5) is 2.49. The summed E-state index contributed by atoms with van der Waals surface area (Å²) >= 11 is 0. The van der Waals surface area contributed by atoms with Crippen molar-refractivity contribution in [1.82, 2.24) is 0 Å². The molecule has 0 heterocycles. The van der Waals surface area contributed by atoms with E-state index in [1.807, 2.05) is 0 Å². The third kappa shape index (κ3) is 4.79. The molecule has 0 saturated heterocycles. The van der Waals surface area contributed by atoms with Gasteiger partial charge in [-0.15, -0.1) is 0 Å². The molecule has 11 aromatic carbocycles. The van der Waals surface area contributed by atoms with E-state index in [0.717, 1.165) is 17.1 Å². The second kappa shape index (κ2) is 14.2. The first-order valence-electron chi connectivity index (χ1n) is 25.5. The molecule has 0 amide bonds. The van der Waals surface area contributed by atoms with Crippen LogP contribution in [0.3, 0.4) is 0 Å². The molecule has 5 aliphatic carbocycles. The molecule has 11 aromatic rings. The van der Waals surface area contributed by atoms with Crippen LogP contribution in [0.2, 0.25) is 0 Å². The van der Waals surface area contributed by atoms with Gasteiger partial charge >= 0.3 is 0 Å². The van der Waals surface area contributed by atoms with Gasteiger partial charge in [0.2, 0.25) is 0 Å². The van der Waals surface area contributed by atoms with Crippen molar-refractivity contribution in [3.05, 3.63) is 304 Å². The van der Waals surface area contributed by atoms with Crippen LogP contribution in [-0.4, -0.2) is 0 Å². The van der Waals surface area contributed by atoms with E-state index in [2.05, 4.69) is 267 Å². The maximum atomic E-state index is 2.70. The van der Waals surface area contributed by atoms with Crippen molar-refractivity contribution in [3.63, 3.8) is 0 Å². The molecule has 0 aromatic heterocycles. The van der Waals surface area contributed by atoms with E-state index in [-0.39, 0.29) is 5.41 Å². The Morgan fingerprint density at radius 2 is 0.611 bits per heavy atom. The normalized spacial score (nSPS) is 15.1. The van der Waals surface area contributed by atoms with Crippen LogP contribution in [0.25, 0.3) is 66.8 Å². The number of hydrogen-bond donors (Lipinski definition) is 0. The van der Waals surface area contributed by atoms with Crippen molar-refractivity contribution in [2.45, 2.75) is 30.1 Å². The van der Waals surface area contributed by atoms with E-state index in [0.29, 0.717) is 0 Å². The molecular formula is C71H47N. The van der Waals surface area contributed by atoms with E-state index >= 15 is 0 Å². The Labute approximate surface area is 421 Å². The Kier molecular flexibility index (Phi) is 7.88. The first-order valence-corrected chi connectivity index (χ1v) is 25.5. The van der Waals surface area contributed by atoms with Crippen LogP contribution in [-0.2, 0) is 16.2 Å². The molecule has 0 unspecified atom stereocenters. The molecule has 0 bridgehead atoms. The molecule has 1 heteroatoms. The number of fused-ring (bicyclic) bond motifs is 23. The van der Waals surface area contributed by atoms with Crippen molar-refractivity contribution in [3.8, 4) is 66.8 Å². The lowest BCUT2D eigenvalue weighted by Gasteiger charge is -2.34. The van der Waals surface area contributed by atoms with Crippen LogP contribution < -0.4 is 4.90 Å². The van der Waals surface area contributed by atoms with Crippen molar-refractivity contribution in [2.24, 2.45) is 0 Å². The Bertz CT molecular complexity index is 4040. The molecule has 2 spiro atoms. The zero-order chi connectivity index (χ0) is 47.5. The van der Waals surface area contributed by atoms with E-state index in [4.69, 9.17) is 0 Å². The van der Waals surface area contributed by atoms with E-state index < -0.39 is 10.8 Å². The molecule has 0 N–H and O–H groups in total. The van der Waals surface area contributed by atoms with Gasteiger partial charge in [-0.25, -0.2) is 0 Å². The largest absolute Gasteiger partial charge is 0.310 e. The van der Waals surface area contributed by atoms with E-state index in [1.54, 1.807) is 0 Å². The Morgan fingerprint density at radius 1 is 0.236 bits per heavy atom. The fraction of sp³-hybridized carbons (Fsp3) is 0.0704. The quantitative estimate of drug-likeness (QED) is 0.170. The van der Waals surface area contributed by atoms with Crippen LogP contribution in [0.15, 0.2) is 249 Å². The van der Waals surface area contributed by atoms with Crippen LogP contribution in [0.4, 0.5) is 17.1 Å². The van der Waals surface area contributed by atoms with Gasteiger partial charge in [0, 0.05) is 22.5 Å². The molecule has 0 fully saturated rings. The van der Waals surface area contributed by atoms with Crippen LogP contribution in [0.1, 0.15) is 69.5 Å². The third-order valence-electron chi connectivity index (χ3n) is 17.5. The molecule has 0 atom stereocenters. The van der Waals surface area contributed by atoms with Gasteiger partial charge in [0.15, 0.2) is 0 Å². The van der Waals surface area contributed by atoms with Gasteiger partial charge in [-0.1, -0.05) is 226 Å². The van der Waals surface area contributed by atoms with Crippen LogP contribution in [0, 0.1) is 0 Å². The second-order valence-corrected chi connectivity index (χ2v) is 21.0. The summed E-state index contributed by atoms with van der Waals surface area (Å²) in [6.07, 6.45) is 0. The average molecular weight is 914 g/mol. The van der Waals surface area contributed by atoms with Gasteiger partial charge < -0.3 is 4.90 Å². The molecule has 0 saturated carbocycles. The summed E-state index contributed by atoms with van der Waals surface area (Å²) in [5.41, 5.74) is 31.3. The first-order chi connectivity index (χ1) is 35.5. The van der Waals surface area contributed by atoms with Gasteiger partial charge in [-0.3, -0.25) is 0 Å². The number of rotatable bonds is 4. The average Bonchev–Trinajstić information content (AvgIpc) is 4.17. The molecule has 0 aliphatic heterocycles. The van der Waals surface area contributed by atoms with Gasteiger partial charge in [0.25, 0.3) is 0 Å². The summed E-state index contributed by atoms with van der Waals surface area (Å²) in [7, 11) is 0. The Morgan fingerprint density at radius 3 is 1.15 bits per heavy atom. The van der Waals surface area contributed by atoms with E-state index in [9.17, 15) is 0 Å². The minimum absolute atomic E-state index is 0.143. The predicted octanol–water partition coefficient (Wildman–Crippen LogP) is 17.8. The summed E-state index contributed by atoms with van der Waals surface area (Å²) in [6, 6.07) is 94.8. The molecule has 16 rings (SSSR count). The molecule has 1 nitrogen and oxygen atoms in total. The summed E-state index contributed by atoms with van der Waals surface area (Å²) in [5, 5.41) is 0. The number of para-hydroxylation sites is 1. The van der Waals surface area contributed by atoms with Crippen LogP contribution >= 0.6 is 0 Å². The van der Waals surface area contributed by atoms with Gasteiger partial charge in [0.05, 0.1) is 10.8 Å². The molecule has 5 aliphatic rings. The van der Waals surface area contributed by atoms with Crippen molar-refractivity contribution in [1.29, 1.82) is 0 Å². The van der Waals surface area contributed by atoms with Gasteiger partial charge in [-0.05, 0) is 159 Å². The van der Waals surface area contributed by atoms with Crippen molar-refractivity contribution < 1.29 is 0 Å². The zero-order valence-electron chi connectivity index (χ0n) is 40.1. The van der Waals surface area contributed by atoms with Crippen LogP contribution in [0.5, 0.6) is 0 Å². The lowest BCUT2D eigenvalue weighted by atomic mass is 9.66. The predicted molar refractivity (Wildman–Crippen MR) is 297 cm³/mol. The molecular weight excluding hydrogens is 867 g/mol. The van der Waals surface area contributed by atoms with Gasteiger partial charge in [-0.2, -0.15) is 0 Å². The topological polar surface area (TPSA) is 3.24 Å².